The fraction of sp³-hybridized carbons (Fsp3) is 0.571. The van der Waals surface area contributed by atoms with Gasteiger partial charge in [-0.15, -0.1) is 0 Å². The number of anilines is 1. The number of hydrogen-bond donors (Lipinski definition) is 2. The number of nitro groups is 1. The van der Waals surface area contributed by atoms with Crippen molar-refractivity contribution in [2.75, 3.05) is 18.4 Å². The van der Waals surface area contributed by atoms with Gasteiger partial charge in [-0.05, 0) is 18.4 Å². The molecule has 1 aliphatic rings. The summed E-state index contributed by atoms with van der Waals surface area (Å²) in [6.45, 7) is 5.08. The topological polar surface area (TPSA) is 114 Å². The molecule has 1 aromatic heterocycles. The van der Waals surface area contributed by atoms with Gasteiger partial charge in [0.15, 0.2) is 0 Å². The van der Waals surface area contributed by atoms with E-state index < -0.39 is 11.0 Å². The first-order valence-electron chi connectivity index (χ1n) is 7.30. The maximum atomic E-state index is 12.2. The van der Waals surface area contributed by atoms with E-state index in [2.05, 4.69) is 10.3 Å². The van der Waals surface area contributed by atoms with E-state index >= 15 is 0 Å². The molecule has 1 aliphatic heterocycles. The summed E-state index contributed by atoms with van der Waals surface area (Å²) in [5.74, 6) is 0.643. The Morgan fingerprint density at radius 3 is 2.82 bits per heavy atom. The Kier molecular flexibility index (Phi) is 4.92. The molecule has 0 bridgehead atoms. The van der Waals surface area contributed by atoms with E-state index in [1.807, 2.05) is 13.8 Å². The molecule has 0 aromatic carbocycles. The molecule has 1 saturated heterocycles. The summed E-state index contributed by atoms with van der Waals surface area (Å²) >= 11 is 0. The Balaban J connectivity index is 1.91. The third-order valence-electron chi connectivity index (χ3n) is 3.81. The van der Waals surface area contributed by atoms with Crippen LogP contribution in [-0.4, -0.2) is 45.9 Å². The number of hydrogen-bond acceptors (Lipinski definition) is 6. The number of pyridine rings is 1. The van der Waals surface area contributed by atoms with Gasteiger partial charge in [0.05, 0.1) is 11.0 Å². The van der Waals surface area contributed by atoms with E-state index in [1.165, 1.54) is 12.3 Å². The number of likely N-dealkylation sites (tertiary alicyclic amines) is 1. The van der Waals surface area contributed by atoms with Crippen LogP contribution in [0.1, 0.15) is 20.3 Å². The lowest BCUT2D eigenvalue weighted by Gasteiger charge is -2.23. The standard InChI is InChI=1S/C14H21N5O3/c1-9(2)13(15)14(20)18-6-5-10(8-18)17-12-4-3-11(7-16-12)19(21)22/h3-4,7,9-10,13H,5-6,8,15H2,1-2H3,(H,16,17)/t10?,13-/m0/s1. The second kappa shape index (κ2) is 6.69. The van der Waals surface area contributed by atoms with Crippen molar-refractivity contribution in [2.45, 2.75) is 32.4 Å². The molecule has 8 heteroatoms. The van der Waals surface area contributed by atoms with E-state index in [9.17, 15) is 14.9 Å². The van der Waals surface area contributed by atoms with Gasteiger partial charge in [-0.25, -0.2) is 4.98 Å². The summed E-state index contributed by atoms with van der Waals surface area (Å²) in [6, 6.07) is 2.58. The molecule has 3 N–H and O–H groups in total. The van der Waals surface area contributed by atoms with Gasteiger partial charge < -0.3 is 16.0 Å². The fourth-order valence-corrected chi connectivity index (χ4v) is 2.36. The maximum absolute atomic E-state index is 12.2. The summed E-state index contributed by atoms with van der Waals surface area (Å²) in [7, 11) is 0. The molecule has 1 aromatic rings. The third-order valence-corrected chi connectivity index (χ3v) is 3.81. The van der Waals surface area contributed by atoms with Crippen LogP contribution >= 0.6 is 0 Å². The highest BCUT2D eigenvalue weighted by atomic mass is 16.6. The van der Waals surface area contributed by atoms with Crippen LogP contribution in [0.4, 0.5) is 11.5 Å². The quantitative estimate of drug-likeness (QED) is 0.619. The van der Waals surface area contributed by atoms with Gasteiger partial charge in [-0.1, -0.05) is 13.8 Å². The molecule has 1 amide bonds. The molecular formula is C14H21N5O3. The largest absolute Gasteiger partial charge is 0.365 e. The van der Waals surface area contributed by atoms with Crippen LogP contribution in [0.25, 0.3) is 0 Å². The van der Waals surface area contributed by atoms with Crippen LogP contribution in [-0.2, 0) is 4.79 Å². The lowest BCUT2D eigenvalue weighted by molar-refractivity contribution is -0.385. The minimum absolute atomic E-state index is 0.0315. The summed E-state index contributed by atoms with van der Waals surface area (Å²) in [6.07, 6.45) is 2.02. The normalized spacial score (nSPS) is 19.3. The SMILES string of the molecule is CC(C)[C@H](N)C(=O)N1CCC(Nc2ccc([N+](=O)[O-])cn2)C1. The van der Waals surface area contributed by atoms with Crippen LogP contribution in [0.3, 0.4) is 0 Å². The van der Waals surface area contributed by atoms with E-state index in [1.54, 1.807) is 11.0 Å². The van der Waals surface area contributed by atoms with Crippen LogP contribution in [0.5, 0.6) is 0 Å². The number of aromatic nitrogens is 1. The molecule has 0 saturated carbocycles. The van der Waals surface area contributed by atoms with Crippen molar-refractivity contribution < 1.29 is 9.72 Å². The second-order valence-corrected chi connectivity index (χ2v) is 5.84. The van der Waals surface area contributed by atoms with Crippen molar-refractivity contribution in [1.29, 1.82) is 0 Å². The highest BCUT2D eigenvalue weighted by Gasteiger charge is 2.30. The molecule has 8 nitrogen and oxygen atoms in total. The first-order valence-corrected chi connectivity index (χ1v) is 7.30. The van der Waals surface area contributed by atoms with Crippen molar-refractivity contribution >= 4 is 17.4 Å². The summed E-state index contributed by atoms with van der Waals surface area (Å²) < 4.78 is 0. The van der Waals surface area contributed by atoms with Gasteiger partial charge in [0, 0.05) is 25.2 Å². The van der Waals surface area contributed by atoms with Crippen molar-refractivity contribution in [2.24, 2.45) is 11.7 Å². The smallest absolute Gasteiger partial charge is 0.287 e. The Labute approximate surface area is 128 Å². The molecule has 0 spiro atoms. The number of nitrogens with one attached hydrogen (secondary N) is 1. The van der Waals surface area contributed by atoms with Crippen LogP contribution in [0, 0.1) is 16.0 Å². The molecule has 0 aliphatic carbocycles. The van der Waals surface area contributed by atoms with Crippen molar-refractivity contribution in [3.05, 3.63) is 28.4 Å². The van der Waals surface area contributed by atoms with E-state index in [0.29, 0.717) is 18.9 Å². The molecule has 22 heavy (non-hydrogen) atoms. The lowest BCUT2D eigenvalue weighted by Crippen LogP contribution is -2.46. The molecule has 1 unspecified atom stereocenters. The molecule has 120 valence electrons. The first-order chi connectivity index (χ1) is 10.4. The third kappa shape index (κ3) is 3.70. The molecule has 1 fully saturated rings. The summed E-state index contributed by atoms with van der Waals surface area (Å²) in [5, 5.41) is 13.8. The Morgan fingerprint density at radius 2 is 2.27 bits per heavy atom. The summed E-state index contributed by atoms with van der Waals surface area (Å²) in [5.41, 5.74) is 5.85. The van der Waals surface area contributed by atoms with Gasteiger partial charge in [-0.2, -0.15) is 0 Å². The van der Waals surface area contributed by atoms with E-state index in [0.717, 1.165) is 6.42 Å². The fourth-order valence-electron chi connectivity index (χ4n) is 2.36. The highest BCUT2D eigenvalue weighted by Crippen LogP contribution is 2.18. The van der Waals surface area contributed by atoms with Crippen LogP contribution in [0.15, 0.2) is 18.3 Å². The predicted octanol–water partition coefficient (Wildman–Crippen LogP) is 0.986. The monoisotopic (exact) mass is 307 g/mol. The second-order valence-electron chi connectivity index (χ2n) is 5.84. The number of carbonyl (C=O) groups is 1. The predicted molar refractivity (Wildman–Crippen MR) is 82.3 cm³/mol. The average Bonchev–Trinajstić information content (AvgIpc) is 2.94. The van der Waals surface area contributed by atoms with Gasteiger partial charge >= 0.3 is 0 Å². The maximum Gasteiger partial charge on any atom is 0.287 e. The van der Waals surface area contributed by atoms with Gasteiger partial charge in [-0.3, -0.25) is 14.9 Å². The molecule has 2 rings (SSSR count). The minimum atomic E-state index is -0.486. The van der Waals surface area contributed by atoms with Gasteiger partial charge in [0.1, 0.15) is 12.0 Å². The zero-order valence-corrected chi connectivity index (χ0v) is 12.7. The van der Waals surface area contributed by atoms with Crippen molar-refractivity contribution in [3.63, 3.8) is 0 Å². The van der Waals surface area contributed by atoms with Crippen LogP contribution in [0.2, 0.25) is 0 Å². The number of carbonyl (C=O) groups excluding carboxylic acids is 1. The van der Waals surface area contributed by atoms with Gasteiger partial charge in [0.25, 0.3) is 5.69 Å². The molecular weight excluding hydrogens is 286 g/mol. The molecule has 2 heterocycles. The van der Waals surface area contributed by atoms with Gasteiger partial charge in [0.2, 0.25) is 5.91 Å². The van der Waals surface area contributed by atoms with E-state index in [-0.39, 0.29) is 23.6 Å². The first kappa shape index (κ1) is 16.2. The number of amides is 1. The number of rotatable bonds is 5. The van der Waals surface area contributed by atoms with Crippen LogP contribution < -0.4 is 11.1 Å². The Bertz CT molecular complexity index is 546. The van der Waals surface area contributed by atoms with Crippen molar-refractivity contribution in [3.8, 4) is 0 Å². The Hall–Kier alpha value is -2.22. The average molecular weight is 307 g/mol. The summed E-state index contributed by atoms with van der Waals surface area (Å²) in [4.78, 5) is 28.1. The van der Waals surface area contributed by atoms with Crippen molar-refractivity contribution in [1.82, 2.24) is 9.88 Å². The Morgan fingerprint density at radius 1 is 1.55 bits per heavy atom. The molecule has 2 atom stereocenters. The zero-order valence-electron chi connectivity index (χ0n) is 12.7. The zero-order chi connectivity index (χ0) is 16.3. The minimum Gasteiger partial charge on any atom is -0.365 e. The van der Waals surface area contributed by atoms with E-state index in [4.69, 9.17) is 5.73 Å². The molecule has 0 radical (unpaired) electrons. The highest BCUT2D eigenvalue weighted by molar-refractivity contribution is 5.82. The number of nitrogens with zero attached hydrogens (tertiary/aromatic N) is 3. The lowest BCUT2D eigenvalue weighted by atomic mass is 10.0. The number of nitrogens with two attached hydrogens (primary N) is 1.